The van der Waals surface area contributed by atoms with E-state index >= 15 is 0 Å². The van der Waals surface area contributed by atoms with Gasteiger partial charge in [-0.05, 0) is 45.3 Å². The molecule has 0 radical (unpaired) electrons. The molecular formula is C14H20BNO4. The van der Waals surface area contributed by atoms with Crippen LogP contribution in [0.2, 0.25) is 0 Å². The van der Waals surface area contributed by atoms with E-state index in [0.29, 0.717) is 5.75 Å². The Morgan fingerprint density at radius 1 is 1.10 bits per heavy atom. The Labute approximate surface area is 119 Å². The van der Waals surface area contributed by atoms with Gasteiger partial charge in [-0.15, -0.1) is 0 Å². The number of nitrogens with one attached hydrogen (secondary N) is 1. The predicted octanol–water partition coefficient (Wildman–Crippen LogP) is 1.70. The van der Waals surface area contributed by atoms with Crippen molar-refractivity contribution in [1.29, 1.82) is 0 Å². The lowest BCUT2D eigenvalue weighted by Crippen LogP contribution is -2.41. The van der Waals surface area contributed by atoms with Crippen LogP contribution >= 0.6 is 0 Å². The number of amides is 1. The Kier molecular flexibility index (Phi) is 3.80. The van der Waals surface area contributed by atoms with E-state index < -0.39 is 13.2 Å². The van der Waals surface area contributed by atoms with Crippen LogP contribution in [0.5, 0.6) is 5.75 Å². The lowest BCUT2D eigenvalue weighted by atomic mass is 9.79. The summed E-state index contributed by atoms with van der Waals surface area (Å²) in [5.74, 6) is 0.476. The standard InChI is InChI=1S/C14H20BNO4/c1-13(2)14(3,4)20-15(19-13)10-6-8-11(9-7-10)18-12(17)16-5/h6-9H,1-5H3,(H,16,17). The van der Waals surface area contributed by atoms with Gasteiger partial charge in [-0.1, -0.05) is 12.1 Å². The molecule has 0 unspecified atom stereocenters. The van der Waals surface area contributed by atoms with E-state index in [-0.39, 0.29) is 11.2 Å². The topological polar surface area (TPSA) is 56.8 Å². The third-order valence-electron chi connectivity index (χ3n) is 3.82. The molecule has 108 valence electrons. The fourth-order valence-corrected chi connectivity index (χ4v) is 1.83. The molecule has 1 aromatic rings. The van der Waals surface area contributed by atoms with Crippen LogP contribution in [0.25, 0.3) is 0 Å². The van der Waals surface area contributed by atoms with Crippen LogP contribution in [0, 0.1) is 0 Å². The molecule has 0 aliphatic carbocycles. The van der Waals surface area contributed by atoms with E-state index in [0.717, 1.165) is 5.46 Å². The average Bonchev–Trinajstić information content (AvgIpc) is 2.59. The fourth-order valence-electron chi connectivity index (χ4n) is 1.83. The number of benzene rings is 1. The minimum atomic E-state index is -0.492. The molecule has 6 heteroatoms. The summed E-state index contributed by atoms with van der Waals surface area (Å²) in [6.07, 6.45) is -0.492. The van der Waals surface area contributed by atoms with Gasteiger partial charge in [0.25, 0.3) is 0 Å². The van der Waals surface area contributed by atoms with Crippen molar-refractivity contribution in [3.05, 3.63) is 24.3 Å². The molecule has 0 aromatic heterocycles. The van der Waals surface area contributed by atoms with Crippen molar-refractivity contribution >= 4 is 18.7 Å². The number of carbonyl (C=O) groups excluding carboxylic acids is 1. The molecule has 1 amide bonds. The zero-order valence-electron chi connectivity index (χ0n) is 12.5. The highest BCUT2D eigenvalue weighted by Gasteiger charge is 2.51. The van der Waals surface area contributed by atoms with Gasteiger partial charge in [0.2, 0.25) is 0 Å². The van der Waals surface area contributed by atoms with Crippen LogP contribution in [-0.4, -0.2) is 31.5 Å². The number of rotatable bonds is 2. The predicted molar refractivity (Wildman–Crippen MR) is 77.2 cm³/mol. The van der Waals surface area contributed by atoms with Crippen molar-refractivity contribution in [3.8, 4) is 5.75 Å². The van der Waals surface area contributed by atoms with Crippen molar-refractivity contribution in [3.63, 3.8) is 0 Å². The summed E-state index contributed by atoms with van der Waals surface area (Å²) in [7, 11) is 1.11. The van der Waals surface area contributed by atoms with Crippen LogP contribution in [0.1, 0.15) is 27.7 Å². The number of hydrogen-bond donors (Lipinski definition) is 1. The van der Waals surface area contributed by atoms with Gasteiger partial charge < -0.3 is 19.4 Å². The molecule has 1 aromatic carbocycles. The van der Waals surface area contributed by atoms with Gasteiger partial charge in [-0.2, -0.15) is 0 Å². The first-order valence-electron chi connectivity index (χ1n) is 6.60. The van der Waals surface area contributed by atoms with E-state index in [1.54, 1.807) is 12.1 Å². The van der Waals surface area contributed by atoms with E-state index in [2.05, 4.69) is 5.32 Å². The van der Waals surface area contributed by atoms with Gasteiger partial charge in [-0.25, -0.2) is 4.79 Å². The van der Waals surface area contributed by atoms with Crippen molar-refractivity contribution in [2.45, 2.75) is 38.9 Å². The summed E-state index contributed by atoms with van der Waals surface area (Å²) in [6.45, 7) is 8.04. The van der Waals surface area contributed by atoms with Crippen LogP contribution in [0.3, 0.4) is 0 Å². The van der Waals surface area contributed by atoms with E-state index in [9.17, 15) is 4.79 Å². The van der Waals surface area contributed by atoms with Crippen LogP contribution in [0.15, 0.2) is 24.3 Å². The average molecular weight is 277 g/mol. The van der Waals surface area contributed by atoms with Crippen molar-refractivity contribution < 1.29 is 18.8 Å². The van der Waals surface area contributed by atoms with Crippen molar-refractivity contribution in [1.82, 2.24) is 5.32 Å². The normalized spacial score (nSPS) is 19.8. The second kappa shape index (κ2) is 5.11. The summed E-state index contributed by atoms with van der Waals surface area (Å²) in [5, 5.41) is 2.39. The lowest BCUT2D eigenvalue weighted by molar-refractivity contribution is 0.00578. The largest absolute Gasteiger partial charge is 0.494 e. The van der Waals surface area contributed by atoms with Gasteiger partial charge in [0.05, 0.1) is 11.2 Å². The highest BCUT2D eigenvalue weighted by Crippen LogP contribution is 2.36. The third kappa shape index (κ3) is 2.81. The fraction of sp³-hybridized carbons (Fsp3) is 0.500. The first kappa shape index (κ1) is 14.9. The van der Waals surface area contributed by atoms with Gasteiger partial charge in [0.15, 0.2) is 0 Å². The number of ether oxygens (including phenoxy) is 1. The van der Waals surface area contributed by atoms with Crippen LogP contribution < -0.4 is 15.5 Å². The maximum atomic E-state index is 11.1. The Morgan fingerprint density at radius 2 is 1.60 bits per heavy atom. The first-order chi connectivity index (χ1) is 9.25. The molecule has 5 nitrogen and oxygen atoms in total. The third-order valence-corrected chi connectivity index (χ3v) is 3.82. The molecule has 2 rings (SSSR count). The summed E-state index contributed by atoms with van der Waals surface area (Å²) >= 11 is 0. The van der Waals surface area contributed by atoms with E-state index in [1.807, 2.05) is 39.8 Å². The summed E-state index contributed by atoms with van der Waals surface area (Å²) < 4.78 is 16.9. The number of carbonyl (C=O) groups is 1. The van der Waals surface area contributed by atoms with Crippen molar-refractivity contribution in [2.75, 3.05) is 7.05 Å². The molecule has 20 heavy (non-hydrogen) atoms. The SMILES string of the molecule is CNC(=O)Oc1ccc(B2OC(C)(C)C(C)(C)O2)cc1. The molecule has 1 fully saturated rings. The Balaban J connectivity index is 2.10. The van der Waals surface area contributed by atoms with E-state index in [1.165, 1.54) is 7.05 Å². The van der Waals surface area contributed by atoms with Crippen molar-refractivity contribution in [2.24, 2.45) is 0 Å². The summed E-state index contributed by atoms with van der Waals surface area (Å²) in [6, 6.07) is 7.10. The Morgan fingerprint density at radius 3 is 2.05 bits per heavy atom. The molecule has 1 N–H and O–H groups in total. The van der Waals surface area contributed by atoms with E-state index in [4.69, 9.17) is 14.0 Å². The maximum absolute atomic E-state index is 11.1. The molecular weight excluding hydrogens is 257 g/mol. The second-order valence-electron chi connectivity index (χ2n) is 5.80. The molecule has 1 heterocycles. The highest BCUT2D eigenvalue weighted by atomic mass is 16.7. The smallest absolute Gasteiger partial charge is 0.410 e. The van der Waals surface area contributed by atoms with Crippen LogP contribution in [-0.2, 0) is 9.31 Å². The quantitative estimate of drug-likeness (QED) is 0.836. The summed E-state index contributed by atoms with van der Waals surface area (Å²) in [4.78, 5) is 11.1. The Bertz CT molecular complexity index is 482. The monoisotopic (exact) mass is 277 g/mol. The van der Waals surface area contributed by atoms with Gasteiger partial charge in [0, 0.05) is 7.05 Å². The second-order valence-corrected chi connectivity index (χ2v) is 5.80. The summed E-state index contributed by atoms with van der Waals surface area (Å²) in [5.41, 5.74) is 0.164. The highest BCUT2D eigenvalue weighted by molar-refractivity contribution is 6.62. The molecule has 0 bridgehead atoms. The van der Waals surface area contributed by atoms with Gasteiger partial charge in [-0.3, -0.25) is 0 Å². The number of hydrogen-bond acceptors (Lipinski definition) is 4. The molecule has 1 saturated heterocycles. The zero-order chi connectivity index (χ0) is 15.0. The van der Waals surface area contributed by atoms with Gasteiger partial charge >= 0.3 is 13.2 Å². The molecule has 1 aliphatic heterocycles. The van der Waals surface area contributed by atoms with Crippen LogP contribution in [0.4, 0.5) is 4.79 Å². The minimum Gasteiger partial charge on any atom is -0.410 e. The Hall–Kier alpha value is -1.53. The van der Waals surface area contributed by atoms with Gasteiger partial charge in [0.1, 0.15) is 5.75 Å². The molecule has 0 saturated carbocycles. The molecule has 1 aliphatic rings. The minimum absolute atomic E-state index is 0.366. The zero-order valence-corrected chi connectivity index (χ0v) is 12.5. The lowest BCUT2D eigenvalue weighted by Gasteiger charge is -2.32. The maximum Gasteiger partial charge on any atom is 0.494 e. The molecule has 0 spiro atoms. The first-order valence-corrected chi connectivity index (χ1v) is 6.60. The molecule has 0 atom stereocenters.